The average Bonchev–Trinajstić information content (AvgIpc) is 2.61. The van der Waals surface area contributed by atoms with Gasteiger partial charge in [-0.1, -0.05) is 17.7 Å². The minimum absolute atomic E-state index is 0.290. The number of carbonyl (C=O) groups is 1. The van der Waals surface area contributed by atoms with Gasteiger partial charge in [0.2, 0.25) is 0 Å². The van der Waals surface area contributed by atoms with Crippen molar-refractivity contribution < 1.29 is 9.18 Å². The zero-order chi connectivity index (χ0) is 17.6. The molecule has 2 N–H and O–H groups in total. The molecule has 0 bridgehead atoms. The third-order valence-corrected chi connectivity index (χ3v) is 4.37. The molecular weight excluding hydrogens is 345 g/mol. The smallest absolute Gasteiger partial charge is 0.319 e. The van der Waals surface area contributed by atoms with Gasteiger partial charge in [-0.2, -0.15) is 0 Å². The van der Waals surface area contributed by atoms with E-state index >= 15 is 0 Å². The van der Waals surface area contributed by atoms with Crippen LogP contribution in [0.3, 0.4) is 0 Å². The average molecular weight is 364 g/mol. The molecule has 132 valence electrons. The Morgan fingerprint density at radius 1 is 1.44 bits per heavy atom. The summed E-state index contributed by atoms with van der Waals surface area (Å²) in [5, 5.41) is 6.00. The topological polar surface area (TPSA) is 70.2 Å². The van der Waals surface area contributed by atoms with Crippen molar-refractivity contribution in [1.82, 2.24) is 15.3 Å². The van der Waals surface area contributed by atoms with Crippen LogP contribution in [0, 0.1) is 11.7 Å². The SMILES string of the molecule is O=C(NCC1CCCN(c2ncncc2Cl)C1)Nc1cccc(F)c1. The highest BCUT2D eigenvalue weighted by Gasteiger charge is 2.22. The number of aromatic nitrogens is 2. The molecule has 2 heterocycles. The number of nitrogens with zero attached hydrogens (tertiary/aromatic N) is 3. The first-order valence-corrected chi connectivity index (χ1v) is 8.50. The summed E-state index contributed by atoms with van der Waals surface area (Å²) in [6.45, 7) is 2.17. The largest absolute Gasteiger partial charge is 0.355 e. The number of rotatable bonds is 4. The molecule has 8 heteroatoms. The number of carbonyl (C=O) groups excluding carboxylic acids is 1. The third-order valence-electron chi connectivity index (χ3n) is 4.10. The van der Waals surface area contributed by atoms with E-state index in [9.17, 15) is 9.18 Å². The Hall–Kier alpha value is -2.41. The molecule has 0 saturated carbocycles. The molecule has 1 fully saturated rings. The zero-order valence-corrected chi connectivity index (χ0v) is 14.3. The van der Waals surface area contributed by atoms with E-state index in [1.165, 1.54) is 18.5 Å². The second-order valence-corrected chi connectivity index (χ2v) is 6.40. The van der Waals surface area contributed by atoms with Gasteiger partial charge in [-0.3, -0.25) is 0 Å². The highest BCUT2D eigenvalue weighted by atomic mass is 35.5. The summed E-state index contributed by atoms with van der Waals surface area (Å²) in [7, 11) is 0. The van der Waals surface area contributed by atoms with Crippen molar-refractivity contribution in [3.05, 3.63) is 47.6 Å². The van der Waals surface area contributed by atoms with Crippen molar-refractivity contribution in [3.8, 4) is 0 Å². The molecule has 6 nitrogen and oxygen atoms in total. The Bertz CT molecular complexity index is 744. The molecule has 1 atom stereocenters. The van der Waals surface area contributed by atoms with Crippen LogP contribution < -0.4 is 15.5 Å². The fourth-order valence-corrected chi connectivity index (χ4v) is 3.17. The first-order chi connectivity index (χ1) is 12.1. The lowest BCUT2D eigenvalue weighted by Gasteiger charge is -2.33. The molecule has 1 aliphatic heterocycles. The third kappa shape index (κ3) is 4.79. The van der Waals surface area contributed by atoms with Gasteiger partial charge in [0.1, 0.15) is 17.2 Å². The van der Waals surface area contributed by atoms with E-state index < -0.39 is 0 Å². The quantitative estimate of drug-likeness (QED) is 0.874. The van der Waals surface area contributed by atoms with Gasteiger partial charge in [-0.25, -0.2) is 19.2 Å². The molecule has 1 aromatic carbocycles. The lowest BCUT2D eigenvalue weighted by Crippen LogP contribution is -2.42. The minimum atomic E-state index is -0.387. The van der Waals surface area contributed by atoms with Crippen LogP contribution in [0.15, 0.2) is 36.8 Å². The minimum Gasteiger partial charge on any atom is -0.355 e. The molecule has 2 amide bonds. The van der Waals surface area contributed by atoms with Gasteiger partial charge < -0.3 is 15.5 Å². The van der Waals surface area contributed by atoms with Crippen LogP contribution in [0.1, 0.15) is 12.8 Å². The van der Waals surface area contributed by atoms with Crippen LogP contribution in [0.25, 0.3) is 0 Å². The van der Waals surface area contributed by atoms with Gasteiger partial charge in [0, 0.05) is 25.3 Å². The number of benzene rings is 1. The molecule has 1 aliphatic rings. The second-order valence-electron chi connectivity index (χ2n) is 5.99. The fourth-order valence-electron chi connectivity index (χ4n) is 2.94. The van der Waals surface area contributed by atoms with Crippen LogP contribution in [0.5, 0.6) is 0 Å². The first-order valence-electron chi connectivity index (χ1n) is 8.12. The summed E-state index contributed by atoms with van der Waals surface area (Å²) in [4.78, 5) is 22.2. The Kier molecular flexibility index (Phi) is 5.65. The van der Waals surface area contributed by atoms with Crippen molar-refractivity contribution in [1.29, 1.82) is 0 Å². The highest BCUT2D eigenvalue weighted by Crippen LogP contribution is 2.26. The molecule has 0 aliphatic carbocycles. The van der Waals surface area contributed by atoms with Crippen LogP contribution in [0.2, 0.25) is 5.02 Å². The maximum Gasteiger partial charge on any atom is 0.319 e. The van der Waals surface area contributed by atoms with E-state index in [0.29, 0.717) is 17.3 Å². The first kappa shape index (κ1) is 17.4. The summed E-state index contributed by atoms with van der Waals surface area (Å²) >= 11 is 6.16. The Balaban J connectivity index is 1.51. The van der Waals surface area contributed by atoms with E-state index in [-0.39, 0.29) is 17.8 Å². The summed E-state index contributed by atoms with van der Waals surface area (Å²) < 4.78 is 13.1. The lowest BCUT2D eigenvalue weighted by atomic mass is 9.98. The number of hydrogen-bond acceptors (Lipinski definition) is 4. The van der Waals surface area contributed by atoms with E-state index in [2.05, 4.69) is 25.5 Å². The number of hydrogen-bond donors (Lipinski definition) is 2. The lowest BCUT2D eigenvalue weighted by molar-refractivity contribution is 0.249. The molecule has 0 spiro atoms. The van der Waals surface area contributed by atoms with Gasteiger partial charge >= 0.3 is 6.03 Å². The van der Waals surface area contributed by atoms with Gasteiger partial charge in [0.15, 0.2) is 5.82 Å². The van der Waals surface area contributed by atoms with Crippen molar-refractivity contribution in [2.75, 3.05) is 29.9 Å². The van der Waals surface area contributed by atoms with Crippen molar-refractivity contribution >= 4 is 29.1 Å². The molecule has 3 rings (SSSR count). The molecular formula is C17H19ClFN5O. The van der Waals surface area contributed by atoms with Crippen LogP contribution >= 0.6 is 11.6 Å². The standard InChI is InChI=1S/C17H19ClFN5O/c18-15-9-20-11-22-16(15)24-6-2-3-12(10-24)8-21-17(25)23-14-5-1-4-13(19)7-14/h1,4-5,7,9,11-12H,2-3,6,8,10H2,(H2,21,23,25). The molecule has 25 heavy (non-hydrogen) atoms. The predicted molar refractivity (Wildman–Crippen MR) is 95.4 cm³/mol. The number of nitrogens with one attached hydrogen (secondary N) is 2. The van der Waals surface area contributed by atoms with Crippen molar-refractivity contribution in [2.24, 2.45) is 5.92 Å². The second kappa shape index (κ2) is 8.11. The van der Waals surface area contributed by atoms with Crippen molar-refractivity contribution in [2.45, 2.75) is 12.8 Å². The van der Waals surface area contributed by atoms with Crippen LogP contribution in [-0.2, 0) is 0 Å². The van der Waals surface area contributed by atoms with E-state index in [4.69, 9.17) is 11.6 Å². The maximum absolute atomic E-state index is 13.1. The number of urea groups is 1. The maximum atomic E-state index is 13.1. The molecule has 2 aromatic rings. The molecule has 1 unspecified atom stereocenters. The van der Waals surface area contributed by atoms with Gasteiger partial charge in [0.25, 0.3) is 0 Å². The van der Waals surface area contributed by atoms with Gasteiger partial charge in [0.05, 0.1) is 6.20 Å². The Morgan fingerprint density at radius 3 is 3.12 bits per heavy atom. The van der Waals surface area contributed by atoms with Crippen molar-refractivity contribution in [3.63, 3.8) is 0 Å². The molecule has 1 saturated heterocycles. The van der Waals surface area contributed by atoms with Crippen LogP contribution in [-0.4, -0.2) is 35.6 Å². The summed E-state index contributed by atoms with van der Waals surface area (Å²) in [6.07, 6.45) is 5.07. The van der Waals surface area contributed by atoms with E-state index in [1.54, 1.807) is 18.3 Å². The predicted octanol–water partition coefficient (Wildman–Crippen LogP) is 3.31. The Morgan fingerprint density at radius 2 is 2.32 bits per heavy atom. The van der Waals surface area contributed by atoms with Crippen LogP contribution in [0.4, 0.5) is 20.7 Å². The fraction of sp³-hybridized carbons (Fsp3) is 0.353. The Labute approximate surface area is 150 Å². The number of halogens is 2. The number of piperidine rings is 1. The molecule has 1 aromatic heterocycles. The number of amides is 2. The normalized spacial score (nSPS) is 17.2. The molecule has 0 radical (unpaired) electrons. The van der Waals surface area contributed by atoms with Gasteiger partial charge in [-0.15, -0.1) is 0 Å². The van der Waals surface area contributed by atoms with E-state index in [1.807, 2.05) is 0 Å². The highest BCUT2D eigenvalue weighted by molar-refractivity contribution is 6.32. The van der Waals surface area contributed by atoms with E-state index in [0.717, 1.165) is 31.7 Å². The summed E-state index contributed by atoms with van der Waals surface area (Å²) in [6, 6.07) is 5.46. The summed E-state index contributed by atoms with van der Waals surface area (Å²) in [5.41, 5.74) is 0.426. The summed E-state index contributed by atoms with van der Waals surface area (Å²) in [5.74, 6) is 0.631. The number of anilines is 2. The monoisotopic (exact) mass is 363 g/mol. The van der Waals surface area contributed by atoms with Gasteiger partial charge in [-0.05, 0) is 37.0 Å². The zero-order valence-electron chi connectivity index (χ0n) is 13.6.